The highest BCUT2D eigenvalue weighted by atomic mass is 32.1. The van der Waals surface area contributed by atoms with Gasteiger partial charge in [0.15, 0.2) is 11.5 Å². The highest BCUT2D eigenvalue weighted by molar-refractivity contribution is 7.13. The summed E-state index contributed by atoms with van der Waals surface area (Å²) in [4.78, 5) is 29.8. The lowest BCUT2D eigenvalue weighted by Crippen LogP contribution is -2.50. The maximum absolute atomic E-state index is 12.9. The number of carbonyl (C=O) groups excluding carboxylic acids is 2. The van der Waals surface area contributed by atoms with Gasteiger partial charge in [0.25, 0.3) is 11.8 Å². The molecule has 8 heteroatoms. The SMILES string of the molecule is CCn1nc(C(=O)N2CCN(C(=O)c3ccco3)CC2)cc1-c1cccs1. The molecule has 0 N–H and O–H groups in total. The number of rotatable bonds is 4. The summed E-state index contributed by atoms with van der Waals surface area (Å²) in [5, 5.41) is 6.50. The average molecular weight is 384 g/mol. The first-order chi connectivity index (χ1) is 13.2. The fraction of sp³-hybridized carbons (Fsp3) is 0.316. The number of carbonyl (C=O) groups is 2. The molecule has 1 saturated heterocycles. The van der Waals surface area contributed by atoms with Crippen LogP contribution in [0.1, 0.15) is 28.0 Å². The van der Waals surface area contributed by atoms with Crippen LogP contribution in [0.4, 0.5) is 0 Å². The van der Waals surface area contributed by atoms with Gasteiger partial charge in [0.1, 0.15) is 0 Å². The summed E-state index contributed by atoms with van der Waals surface area (Å²) in [6.07, 6.45) is 1.49. The number of amides is 2. The molecule has 1 fully saturated rings. The molecule has 0 saturated carbocycles. The van der Waals surface area contributed by atoms with Gasteiger partial charge in [-0.25, -0.2) is 0 Å². The average Bonchev–Trinajstić information content (AvgIpc) is 3.47. The van der Waals surface area contributed by atoms with Gasteiger partial charge in [-0.05, 0) is 36.6 Å². The van der Waals surface area contributed by atoms with Crippen LogP contribution in [0.15, 0.2) is 46.4 Å². The molecule has 4 heterocycles. The first kappa shape index (κ1) is 17.5. The Morgan fingerprint density at radius 2 is 1.85 bits per heavy atom. The van der Waals surface area contributed by atoms with Gasteiger partial charge in [-0.1, -0.05) is 6.07 Å². The van der Waals surface area contributed by atoms with Crippen molar-refractivity contribution in [2.45, 2.75) is 13.5 Å². The molecule has 3 aromatic heterocycles. The molecular formula is C19H20N4O3S. The molecular weight excluding hydrogens is 364 g/mol. The predicted octanol–water partition coefficient (Wildman–Crippen LogP) is 2.82. The zero-order valence-electron chi connectivity index (χ0n) is 15.0. The van der Waals surface area contributed by atoms with Crippen molar-refractivity contribution in [3.05, 3.63) is 53.4 Å². The molecule has 0 aliphatic carbocycles. The summed E-state index contributed by atoms with van der Waals surface area (Å²) in [5.41, 5.74) is 1.41. The minimum atomic E-state index is -0.137. The molecule has 3 aromatic rings. The molecule has 140 valence electrons. The van der Waals surface area contributed by atoms with Crippen LogP contribution < -0.4 is 0 Å². The highest BCUT2D eigenvalue weighted by Crippen LogP contribution is 2.26. The standard InChI is InChI=1S/C19H20N4O3S/c1-2-23-15(17-6-4-12-27-17)13-14(20-23)18(24)21-7-9-22(10-8-21)19(25)16-5-3-11-26-16/h3-6,11-13H,2,7-10H2,1H3. The fourth-order valence-electron chi connectivity index (χ4n) is 3.22. The van der Waals surface area contributed by atoms with E-state index in [1.807, 2.05) is 35.2 Å². The van der Waals surface area contributed by atoms with E-state index in [2.05, 4.69) is 5.10 Å². The molecule has 0 atom stereocenters. The van der Waals surface area contributed by atoms with Gasteiger partial charge in [0.05, 0.1) is 16.8 Å². The van der Waals surface area contributed by atoms with Gasteiger partial charge in [-0.15, -0.1) is 11.3 Å². The third-order valence-corrected chi connectivity index (χ3v) is 5.55. The zero-order chi connectivity index (χ0) is 18.8. The monoisotopic (exact) mass is 384 g/mol. The molecule has 1 aliphatic rings. The topological polar surface area (TPSA) is 71.6 Å². The number of aromatic nitrogens is 2. The molecule has 0 aromatic carbocycles. The van der Waals surface area contributed by atoms with Crippen LogP contribution in [0.25, 0.3) is 10.6 Å². The van der Waals surface area contributed by atoms with Crippen molar-refractivity contribution >= 4 is 23.2 Å². The van der Waals surface area contributed by atoms with E-state index < -0.39 is 0 Å². The second-order valence-corrected chi connectivity index (χ2v) is 7.22. The predicted molar refractivity (Wildman–Crippen MR) is 102 cm³/mol. The molecule has 0 bridgehead atoms. The number of hydrogen-bond donors (Lipinski definition) is 0. The largest absolute Gasteiger partial charge is 0.459 e. The van der Waals surface area contributed by atoms with Crippen LogP contribution in [0, 0.1) is 0 Å². The second kappa shape index (κ2) is 7.40. The van der Waals surface area contributed by atoms with Gasteiger partial charge < -0.3 is 14.2 Å². The number of furan rings is 1. The van der Waals surface area contributed by atoms with Crippen molar-refractivity contribution in [2.75, 3.05) is 26.2 Å². The Morgan fingerprint density at radius 3 is 2.44 bits per heavy atom. The lowest BCUT2D eigenvalue weighted by atomic mass is 10.2. The Morgan fingerprint density at radius 1 is 1.11 bits per heavy atom. The van der Waals surface area contributed by atoms with E-state index in [1.54, 1.807) is 33.3 Å². The van der Waals surface area contributed by atoms with Crippen LogP contribution in [0.2, 0.25) is 0 Å². The summed E-state index contributed by atoms with van der Waals surface area (Å²) in [6.45, 7) is 4.65. The normalized spacial score (nSPS) is 14.6. The van der Waals surface area contributed by atoms with Gasteiger partial charge in [0, 0.05) is 32.7 Å². The van der Waals surface area contributed by atoms with Gasteiger partial charge in [-0.3, -0.25) is 14.3 Å². The van der Waals surface area contributed by atoms with E-state index in [4.69, 9.17) is 4.42 Å². The van der Waals surface area contributed by atoms with Crippen molar-refractivity contribution < 1.29 is 14.0 Å². The van der Waals surface area contributed by atoms with Gasteiger partial charge in [0.2, 0.25) is 0 Å². The minimum Gasteiger partial charge on any atom is -0.459 e. The fourth-order valence-corrected chi connectivity index (χ4v) is 3.96. The third-order valence-electron chi connectivity index (χ3n) is 4.66. The summed E-state index contributed by atoms with van der Waals surface area (Å²) < 4.78 is 7.03. The van der Waals surface area contributed by atoms with Crippen molar-refractivity contribution in [2.24, 2.45) is 0 Å². The van der Waals surface area contributed by atoms with Crippen molar-refractivity contribution in [1.82, 2.24) is 19.6 Å². The molecule has 0 radical (unpaired) electrons. The molecule has 4 rings (SSSR count). The maximum Gasteiger partial charge on any atom is 0.289 e. The van der Waals surface area contributed by atoms with Crippen molar-refractivity contribution in [3.8, 4) is 10.6 Å². The van der Waals surface area contributed by atoms with Crippen LogP contribution in [-0.4, -0.2) is 57.6 Å². The number of thiophene rings is 1. The summed E-state index contributed by atoms with van der Waals surface area (Å²) in [7, 11) is 0. The number of nitrogens with zero attached hydrogens (tertiary/aromatic N) is 4. The summed E-state index contributed by atoms with van der Waals surface area (Å²) >= 11 is 1.63. The number of piperazine rings is 1. The molecule has 0 spiro atoms. The van der Waals surface area contributed by atoms with Gasteiger partial charge >= 0.3 is 0 Å². The molecule has 1 aliphatic heterocycles. The van der Waals surface area contributed by atoms with Crippen LogP contribution in [0.3, 0.4) is 0 Å². The Balaban J connectivity index is 1.45. The quantitative estimate of drug-likeness (QED) is 0.693. The molecule has 0 unspecified atom stereocenters. The van der Waals surface area contributed by atoms with E-state index in [0.717, 1.165) is 10.6 Å². The van der Waals surface area contributed by atoms with E-state index in [-0.39, 0.29) is 11.8 Å². The van der Waals surface area contributed by atoms with Crippen LogP contribution >= 0.6 is 11.3 Å². The molecule has 27 heavy (non-hydrogen) atoms. The summed E-state index contributed by atoms with van der Waals surface area (Å²) in [6, 6.07) is 9.23. The minimum absolute atomic E-state index is 0.0925. The Labute approximate surface area is 160 Å². The zero-order valence-corrected chi connectivity index (χ0v) is 15.8. The Kier molecular flexibility index (Phi) is 4.81. The maximum atomic E-state index is 12.9. The lowest BCUT2D eigenvalue weighted by molar-refractivity contribution is 0.0515. The highest BCUT2D eigenvalue weighted by Gasteiger charge is 2.28. The second-order valence-electron chi connectivity index (χ2n) is 6.27. The Hall–Kier alpha value is -2.87. The van der Waals surface area contributed by atoms with Crippen molar-refractivity contribution in [1.29, 1.82) is 0 Å². The molecule has 7 nitrogen and oxygen atoms in total. The number of hydrogen-bond acceptors (Lipinski definition) is 5. The van der Waals surface area contributed by atoms with Crippen LogP contribution in [0.5, 0.6) is 0 Å². The third kappa shape index (κ3) is 3.40. The Bertz CT molecular complexity index is 922. The first-order valence-corrected chi connectivity index (χ1v) is 9.79. The summed E-state index contributed by atoms with van der Waals surface area (Å²) in [5.74, 6) is 0.101. The molecule has 2 amide bonds. The van der Waals surface area contributed by atoms with E-state index >= 15 is 0 Å². The number of aryl methyl sites for hydroxylation is 1. The lowest BCUT2D eigenvalue weighted by Gasteiger charge is -2.33. The van der Waals surface area contributed by atoms with Gasteiger partial charge in [-0.2, -0.15) is 5.10 Å². The van der Waals surface area contributed by atoms with E-state index in [9.17, 15) is 9.59 Å². The van der Waals surface area contributed by atoms with Crippen molar-refractivity contribution in [3.63, 3.8) is 0 Å². The first-order valence-electron chi connectivity index (χ1n) is 8.91. The van der Waals surface area contributed by atoms with E-state index in [1.165, 1.54) is 6.26 Å². The van der Waals surface area contributed by atoms with E-state index in [0.29, 0.717) is 44.2 Å². The smallest absolute Gasteiger partial charge is 0.289 e. The van der Waals surface area contributed by atoms with Crippen LogP contribution in [-0.2, 0) is 6.54 Å².